The minimum absolute atomic E-state index is 0.0594. The van der Waals surface area contributed by atoms with Crippen LogP contribution < -0.4 is 14.9 Å². The standard InChI is InChI=1S/C26H29N3O5S3/c1-4-12-29-18-11-10-16(33-2)13-20(18)37-26(29)28-22(31)15-35-14-21(30)27-24-23(25(32)34-3)17-8-6-5-7-9-19(17)36-24/h4,10-11,13H,1,5-9,12,14-15H2,2-3H3,(H,27,30). The Morgan fingerprint density at radius 3 is 2.73 bits per heavy atom. The SMILES string of the molecule is C=CCn1c(=NC(=O)CSCC(=O)Nc2sc3c(c2C(=O)OC)CCCCC3)sc2cc(OC)ccc21. The number of hydrogen-bond acceptors (Lipinski definition) is 8. The first kappa shape index (κ1) is 27.2. The van der Waals surface area contributed by atoms with Crippen molar-refractivity contribution in [3.05, 3.63) is 51.7 Å². The van der Waals surface area contributed by atoms with Gasteiger partial charge < -0.3 is 19.4 Å². The summed E-state index contributed by atoms with van der Waals surface area (Å²) in [5.74, 6) is -0.159. The van der Waals surface area contributed by atoms with Crippen LogP contribution in [0, 0.1) is 0 Å². The number of nitrogens with one attached hydrogen (secondary N) is 1. The monoisotopic (exact) mass is 559 g/mol. The highest BCUT2D eigenvalue weighted by molar-refractivity contribution is 8.00. The molecule has 1 aromatic carbocycles. The predicted octanol–water partition coefficient (Wildman–Crippen LogP) is 4.81. The first-order chi connectivity index (χ1) is 17.9. The van der Waals surface area contributed by atoms with E-state index in [9.17, 15) is 14.4 Å². The van der Waals surface area contributed by atoms with E-state index in [0.717, 1.165) is 58.5 Å². The summed E-state index contributed by atoms with van der Waals surface area (Å²) in [4.78, 5) is 43.8. The van der Waals surface area contributed by atoms with Crippen molar-refractivity contribution in [3.63, 3.8) is 0 Å². The van der Waals surface area contributed by atoms with E-state index in [1.807, 2.05) is 22.8 Å². The Labute approximate surface area is 227 Å². The summed E-state index contributed by atoms with van der Waals surface area (Å²) in [6, 6.07) is 5.71. The number of ether oxygens (including phenoxy) is 2. The summed E-state index contributed by atoms with van der Waals surface area (Å²) >= 11 is 4.04. The number of carbonyl (C=O) groups excluding carboxylic acids is 3. The number of thiophene rings is 1. The third-order valence-corrected chi connectivity index (χ3v) is 9.11. The molecule has 4 rings (SSSR count). The average molecular weight is 560 g/mol. The third-order valence-electron chi connectivity index (χ3n) is 5.94. The Hall–Kier alpha value is -2.89. The lowest BCUT2D eigenvalue weighted by molar-refractivity contribution is -0.115. The Bertz CT molecular complexity index is 1400. The summed E-state index contributed by atoms with van der Waals surface area (Å²) in [6.45, 7) is 4.32. The topological polar surface area (TPSA) is 99.0 Å². The number of esters is 1. The van der Waals surface area contributed by atoms with Crippen molar-refractivity contribution < 1.29 is 23.9 Å². The zero-order chi connectivity index (χ0) is 26.4. The quantitative estimate of drug-likeness (QED) is 0.229. The van der Waals surface area contributed by atoms with Crippen molar-refractivity contribution in [1.82, 2.24) is 4.57 Å². The lowest BCUT2D eigenvalue weighted by Gasteiger charge is -2.07. The van der Waals surface area contributed by atoms with Crippen LogP contribution in [-0.2, 0) is 33.7 Å². The molecule has 0 radical (unpaired) electrons. The fourth-order valence-electron chi connectivity index (χ4n) is 4.25. The maximum Gasteiger partial charge on any atom is 0.341 e. The van der Waals surface area contributed by atoms with Gasteiger partial charge in [0.1, 0.15) is 10.8 Å². The van der Waals surface area contributed by atoms with Gasteiger partial charge in [0.25, 0.3) is 5.91 Å². The summed E-state index contributed by atoms with van der Waals surface area (Å²) in [5, 5.41) is 3.41. The Morgan fingerprint density at radius 2 is 1.97 bits per heavy atom. The van der Waals surface area contributed by atoms with E-state index in [-0.39, 0.29) is 23.3 Å². The molecule has 0 atom stereocenters. The number of amides is 2. The second-order valence-corrected chi connectivity index (χ2v) is 11.5. The van der Waals surface area contributed by atoms with Crippen LogP contribution in [0.2, 0.25) is 0 Å². The zero-order valence-electron chi connectivity index (χ0n) is 20.8. The second-order valence-electron chi connectivity index (χ2n) is 8.42. The van der Waals surface area contributed by atoms with Crippen LogP contribution in [0.3, 0.4) is 0 Å². The van der Waals surface area contributed by atoms with E-state index in [1.165, 1.54) is 41.5 Å². The van der Waals surface area contributed by atoms with Crippen LogP contribution in [0.15, 0.2) is 35.8 Å². The zero-order valence-corrected chi connectivity index (χ0v) is 23.3. The largest absolute Gasteiger partial charge is 0.497 e. The van der Waals surface area contributed by atoms with Crippen molar-refractivity contribution in [2.75, 3.05) is 31.0 Å². The number of carbonyl (C=O) groups is 3. The average Bonchev–Trinajstić information content (AvgIpc) is 3.30. The van der Waals surface area contributed by atoms with Gasteiger partial charge in [-0.1, -0.05) is 23.8 Å². The number of aryl methyl sites for hydroxylation is 1. The first-order valence-electron chi connectivity index (χ1n) is 11.9. The molecule has 8 nitrogen and oxygen atoms in total. The van der Waals surface area contributed by atoms with Gasteiger partial charge in [0.15, 0.2) is 4.80 Å². The summed E-state index contributed by atoms with van der Waals surface area (Å²) in [5.41, 5.74) is 2.42. The Morgan fingerprint density at radius 1 is 1.16 bits per heavy atom. The molecule has 0 spiro atoms. The van der Waals surface area contributed by atoms with Crippen molar-refractivity contribution in [1.29, 1.82) is 0 Å². The number of benzene rings is 1. The van der Waals surface area contributed by atoms with Crippen LogP contribution in [0.5, 0.6) is 5.75 Å². The number of thiazole rings is 1. The minimum atomic E-state index is -0.426. The highest BCUT2D eigenvalue weighted by Gasteiger charge is 2.26. The highest BCUT2D eigenvalue weighted by atomic mass is 32.2. The number of anilines is 1. The molecule has 0 bridgehead atoms. The number of nitrogens with zero attached hydrogens (tertiary/aromatic N) is 2. The van der Waals surface area contributed by atoms with Gasteiger partial charge in [-0.3, -0.25) is 9.59 Å². The highest BCUT2D eigenvalue weighted by Crippen LogP contribution is 2.38. The van der Waals surface area contributed by atoms with Crippen molar-refractivity contribution in [2.24, 2.45) is 4.99 Å². The maximum absolute atomic E-state index is 12.7. The van der Waals surface area contributed by atoms with E-state index in [4.69, 9.17) is 9.47 Å². The third kappa shape index (κ3) is 6.34. The van der Waals surface area contributed by atoms with E-state index >= 15 is 0 Å². The van der Waals surface area contributed by atoms with Gasteiger partial charge in [-0.25, -0.2) is 4.79 Å². The second kappa shape index (κ2) is 12.6. The number of hydrogen-bond donors (Lipinski definition) is 1. The first-order valence-corrected chi connectivity index (χ1v) is 14.7. The molecular formula is C26H29N3O5S3. The Kier molecular flexibility index (Phi) is 9.23. The molecule has 0 fully saturated rings. The molecule has 0 saturated heterocycles. The molecular weight excluding hydrogens is 531 g/mol. The van der Waals surface area contributed by atoms with Crippen LogP contribution in [0.25, 0.3) is 10.2 Å². The molecule has 1 aliphatic carbocycles. The molecule has 196 valence electrons. The summed E-state index contributed by atoms with van der Waals surface area (Å²) in [7, 11) is 2.96. The van der Waals surface area contributed by atoms with E-state index in [0.29, 0.717) is 21.9 Å². The Balaban J connectivity index is 1.42. The van der Waals surface area contributed by atoms with Crippen LogP contribution in [0.4, 0.5) is 5.00 Å². The van der Waals surface area contributed by atoms with E-state index < -0.39 is 5.97 Å². The van der Waals surface area contributed by atoms with E-state index in [2.05, 4.69) is 16.9 Å². The molecule has 3 aromatic rings. The fraction of sp³-hybridized carbons (Fsp3) is 0.385. The van der Waals surface area contributed by atoms with Gasteiger partial charge in [0.05, 0.1) is 41.5 Å². The molecule has 2 aromatic heterocycles. The van der Waals surface area contributed by atoms with Gasteiger partial charge in [0, 0.05) is 11.4 Å². The maximum atomic E-state index is 12.7. The molecule has 2 heterocycles. The number of aromatic nitrogens is 1. The van der Waals surface area contributed by atoms with Crippen molar-refractivity contribution >= 4 is 67.4 Å². The van der Waals surface area contributed by atoms with Gasteiger partial charge in [-0.15, -0.1) is 29.7 Å². The number of rotatable bonds is 9. The molecule has 0 saturated carbocycles. The number of thioether (sulfide) groups is 1. The molecule has 0 unspecified atom stereocenters. The van der Waals surface area contributed by atoms with Gasteiger partial charge in [-0.2, -0.15) is 4.99 Å². The molecule has 1 N–H and O–H groups in total. The number of fused-ring (bicyclic) bond motifs is 2. The van der Waals surface area contributed by atoms with Crippen molar-refractivity contribution in [2.45, 2.75) is 38.6 Å². The lowest BCUT2D eigenvalue weighted by Crippen LogP contribution is -2.19. The van der Waals surface area contributed by atoms with Gasteiger partial charge >= 0.3 is 5.97 Å². The van der Waals surface area contributed by atoms with E-state index in [1.54, 1.807) is 13.2 Å². The van der Waals surface area contributed by atoms with Crippen LogP contribution >= 0.6 is 34.4 Å². The molecule has 37 heavy (non-hydrogen) atoms. The normalized spacial score (nSPS) is 13.6. The molecule has 1 aliphatic rings. The molecule has 11 heteroatoms. The van der Waals surface area contributed by atoms with Gasteiger partial charge in [-0.05, 0) is 49.4 Å². The van der Waals surface area contributed by atoms with Crippen LogP contribution in [0.1, 0.15) is 40.1 Å². The smallest absolute Gasteiger partial charge is 0.341 e. The summed E-state index contributed by atoms with van der Waals surface area (Å²) in [6.07, 6.45) is 6.69. The molecule has 2 amide bonds. The molecule has 0 aliphatic heterocycles. The van der Waals surface area contributed by atoms with Crippen molar-refractivity contribution in [3.8, 4) is 5.75 Å². The number of methoxy groups -OCH3 is 2. The minimum Gasteiger partial charge on any atom is -0.497 e. The number of allylic oxidation sites excluding steroid dienone is 1. The van der Waals surface area contributed by atoms with Crippen LogP contribution in [-0.4, -0.2) is 48.1 Å². The summed E-state index contributed by atoms with van der Waals surface area (Å²) < 4.78 is 13.2. The predicted molar refractivity (Wildman–Crippen MR) is 150 cm³/mol. The lowest BCUT2D eigenvalue weighted by atomic mass is 10.1. The van der Waals surface area contributed by atoms with Gasteiger partial charge in [0.2, 0.25) is 5.91 Å². The fourth-order valence-corrected chi connectivity index (χ4v) is 7.23.